The molecule has 2 N–H and O–H groups in total. The van der Waals surface area contributed by atoms with Crippen LogP contribution in [0, 0.1) is 0 Å². The number of fused-ring (bicyclic) bond motifs is 1. The van der Waals surface area contributed by atoms with E-state index in [1.165, 1.54) is 12.1 Å². The SMILES string of the molecule is CCC(C)N(C)C(=O)C1COc2ccc(S(N)(=O)=O)cc21. The van der Waals surface area contributed by atoms with E-state index in [1.54, 1.807) is 18.0 Å². The van der Waals surface area contributed by atoms with Crippen LogP contribution in [0.1, 0.15) is 31.7 Å². The average Bonchev–Trinajstić information content (AvgIpc) is 2.86. The first-order valence-corrected chi connectivity index (χ1v) is 8.36. The molecule has 2 rings (SSSR count). The largest absolute Gasteiger partial charge is 0.492 e. The van der Waals surface area contributed by atoms with Crippen molar-refractivity contribution in [3.63, 3.8) is 0 Å². The van der Waals surface area contributed by atoms with Crippen molar-refractivity contribution in [1.29, 1.82) is 0 Å². The van der Waals surface area contributed by atoms with Crippen molar-refractivity contribution in [2.75, 3.05) is 13.7 Å². The summed E-state index contributed by atoms with van der Waals surface area (Å²) in [5.41, 5.74) is 0.585. The van der Waals surface area contributed by atoms with Crippen molar-refractivity contribution in [1.82, 2.24) is 4.90 Å². The molecule has 0 aromatic heterocycles. The zero-order valence-corrected chi connectivity index (χ0v) is 13.2. The molecule has 1 aliphatic rings. The molecule has 21 heavy (non-hydrogen) atoms. The van der Waals surface area contributed by atoms with E-state index in [9.17, 15) is 13.2 Å². The maximum Gasteiger partial charge on any atom is 0.238 e. The Labute approximate surface area is 124 Å². The van der Waals surface area contributed by atoms with E-state index >= 15 is 0 Å². The second-order valence-electron chi connectivity index (χ2n) is 5.31. The van der Waals surface area contributed by atoms with Gasteiger partial charge in [-0.15, -0.1) is 0 Å². The molecule has 0 radical (unpaired) electrons. The molecule has 0 aliphatic carbocycles. The molecule has 0 saturated carbocycles. The van der Waals surface area contributed by atoms with Crippen LogP contribution in [0.5, 0.6) is 5.75 Å². The molecule has 1 aliphatic heterocycles. The third kappa shape index (κ3) is 3.03. The van der Waals surface area contributed by atoms with Gasteiger partial charge in [0.05, 0.1) is 4.90 Å². The van der Waals surface area contributed by atoms with Gasteiger partial charge in [0.2, 0.25) is 15.9 Å². The maximum absolute atomic E-state index is 12.5. The molecule has 2 atom stereocenters. The number of nitrogens with zero attached hydrogens (tertiary/aromatic N) is 1. The van der Waals surface area contributed by atoms with Gasteiger partial charge in [0, 0.05) is 18.7 Å². The number of carbonyl (C=O) groups is 1. The molecule has 7 heteroatoms. The van der Waals surface area contributed by atoms with Crippen LogP contribution in [0.3, 0.4) is 0 Å². The predicted octanol–water partition coefficient (Wildman–Crippen LogP) is 1.07. The highest BCUT2D eigenvalue weighted by molar-refractivity contribution is 7.89. The number of nitrogens with two attached hydrogens (primary N) is 1. The zero-order valence-electron chi connectivity index (χ0n) is 12.4. The van der Waals surface area contributed by atoms with Gasteiger partial charge in [0.15, 0.2) is 0 Å². The lowest BCUT2D eigenvalue weighted by Gasteiger charge is -2.26. The van der Waals surface area contributed by atoms with Crippen LogP contribution < -0.4 is 9.88 Å². The minimum Gasteiger partial charge on any atom is -0.492 e. The first kappa shape index (κ1) is 15.8. The fraction of sp³-hybridized carbons (Fsp3) is 0.500. The fourth-order valence-corrected chi connectivity index (χ4v) is 2.86. The van der Waals surface area contributed by atoms with Crippen molar-refractivity contribution < 1.29 is 17.9 Å². The number of amides is 1. The van der Waals surface area contributed by atoms with Crippen LogP contribution in [0.2, 0.25) is 0 Å². The molecular formula is C14H20N2O4S. The van der Waals surface area contributed by atoms with Crippen molar-refractivity contribution in [3.8, 4) is 5.75 Å². The van der Waals surface area contributed by atoms with E-state index in [1.807, 2.05) is 13.8 Å². The van der Waals surface area contributed by atoms with Crippen molar-refractivity contribution in [3.05, 3.63) is 23.8 Å². The maximum atomic E-state index is 12.5. The van der Waals surface area contributed by atoms with Gasteiger partial charge in [-0.2, -0.15) is 0 Å². The lowest BCUT2D eigenvalue weighted by Crippen LogP contribution is -2.38. The van der Waals surface area contributed by atoms with Gasteiger partial charge in [0.1, 0.15) is 18.3 Å². The third-order valence-electron chi connectivity index (χ3n) is 3.99. The number of rotatable bonds is 4. The Morgan fingerprint density at radius 2 is 2.19 bits per heavy atom. The molecule has 2 unspecified atom stereocenters. The van der Waals surface area contributed by atoms with E-state index in [0.29, 0.717) is 11.3 Å². The minimum absolute atomic E-state index is 0.00394. The quantitative estimate of drug-likeness (QED) is 0.900. The Hall–Kier alpha value is -1.60. The number of ether oxygens (including phenoxy) is 1. The second kappa shape index (κ2) is 5.65. The van der Waals surface area contributed by atoms with E-state index in [0.717, 1.165) is 6.42 Å². The van der Waals surface area contributed by atoms with Crippen molar-refractivity contribution >= 4 is 15.9 Å². The fourth-order valence-electron chi connectivity index (χ4n) is 2.31. The van der Waals surface area contributed by atoms with Gasteiger partial charge in [-0.25, -0.2) is 13.6 Å². The van der Waals surface area contributed by atoms with Crippen LogP contribution in [-0.2, 0) is 14.8 Å². The summed E-state index contributed by atoms with van der Waals surface area (Å²) in [4.78, 5) is 14.2. The number of carbonyl (C=O) groups excluding carboxylic acids is 1. The van der Waals surface area contributed by atoms with Crippen LogP contribution in [0.25, 0.3) is 0 Å². The molecule has 0 spiro atoms. The van der Waals surface area contributed by atoms with Gasteiger partial charge in [-0.05, 0) is 31.5 Å². The smallest absolute Gasteiger partial charge is 0.238 e. The summed E-state index contributed by atoms with van der Waals surface area (Å²) in [5, 5.41) is 5.14. The van der Waals surface area contributed by atoms with Crippen LogP contribution in [0.15, 0.2) is 23.1 Å². The van der Waals surface area contributed by atoms with Crippen LogP contribution in [-0.4, -0.2) is 38.9 Å². The summed E-state index contributed by atoms with van der Waals surface area (Å²) < 4.78 is 28.4. The Bertz CT molecular complexity index is 657. The molecule has 1 aromatic rings. The second-order valence-corrected chi connectivity index (χ2v) is 6.88. The number of hydrogen-bond donors (Lipinski definition) is 1. The highest BCUT2D eigenvalue weighted by Gasteiger charge is 2.34. The molecule has 1 aromatic carbocycles. The molecule has 0 fully saturated rings. The Kier molecular flexibility index (Phi) is 4.25. The summed E-state index contributed by atoms with van der Waals surface area (Å²) in [6.07, 6.45) is 0.847. The molecule has 1 amide bonds. The lowest BCUT2D eigenvalue weighted by molar-refractivity contribution is -0.133. The predicted molar refractivity (Wildman–Crippen MR) is 78.6 cm³/mol. The van der Waals surface area contributed by atoms with Crippen LogP contribution >= 0.6 is 0 Å². The topological polar surface area (TPSA) is 89.7 Å². The first-order chi connectivity index (χ1) is 9.75. The Morgan fingerprint density at radius 1 is 1.52 bits per heavy atom. The average molecular weight is 312 g/mol. The lowest BCUT2D eigenvalue weighted by atomic mass is 9.99. The molecule has 116 valence electrons. The highest BCUT2D eigenvalue weighted by Crippen LogP contribution is 2.36. The van der Waals surface area contributed by atoms with Crippen molar-refractivity contribution in [2.45, 2.75) is 37.1 Å². The van der Waals surface area contributed by atoms with Gasteiger partial charge in [-0.3, -0.25) is 4.79 Å². The Morgan fingerprint density at radius 3 is 2.76 bits per heavy atom. The van der Waals surface area contributed by atoms with E-state index in [-0.39, 0.29) is 23.5 Å². The standard InChI is InChI=1S/C14H20N2O4S/c1-4-9(2)16(3)14(17)12-8-20-13-6-5-10(7-11(12)13)21(15,18)19/h5-7,9,12H,4,8H2,1-3H3,(H2,15,18,19). The minimum atomic E-state index is -3.80. The number of benzene rings is 1. The number of hydrogen-bond acceptors (Lipinski definition) is 4. The van der Waals surface area contributed by atoms with Gasteiger partial charge in [-0.1, -0.05) is 6.92 Å². The monoisotopic (exact) mass is 312 g/mol. The third-order valence-corrected chi connectivity index (χ3v) is 4.90. The molecular weight excluding hydrogens is 292 g/mol. The number of likely N-dealkylation sites (N-methyl/N-ethyl adjacent to an activating group) is 1. The van der Waals surface area contributed by atoms with E-state index in [4.69, 9.17) is 9.88 Å². The van der Waals surface area contributed by atoms with Gasteiger partial charge < -0.3 is 9.64 Å². The Balaban J connectivity index is 2.35. The number of sulfonamides is 1. The highest BCUT2D eigenvalue weighted by atomic mass is 32.2. The molecule has 6 nitrogen and oxygen atoms in total. The zero-order chi connectivity index (χ0) is 15.8. The molecule has 0 bridgehead atoms. The summed E-state index contributed by atoms with van der Waals surface area (Å²) in [6.45, 7) is 4.20. The summed E-state index contributed by atoms with van der Waals surface area (Å²) in [6, 6.07) is 4.48. The van der Waals surface area contributed by atoms with Gasteiger partial charge >= 0.3 is 0 Å². The summed E-state index contributed by atoms with van der Waals surface area (Å²) in [7, 11) is -2.05. The normalized spacial score (nSPS) is 18.8. The number of primary sulfonamides is 1. The van der Waals surface area contributed by atoms with Gasteiger partial charge in [0.25, 0.3) is 0 Å². The van der Waals surface area contributed by atoms with E-state index in [2.05, 4.69) is 0 Å². The molecule has 1 heterocycles. The molecule has 0 saturated heterocycles. The van der Waals surface area contributed by atoms with Crippen LogP contribution in [0.4, 0.5) is 0 Å². The van der Waals surface area contributed by atoms with E-state index < -0.39 is 15.9 Å². The first-order valence-electron chi connectivity index (χ1n) is 6.82. The summed E-state index contributed by atoms with van der Waals surface area (Å²) >= 11 is 0. The van der Waals surface area contributed by atoms with Crippen molar-refractivity contribution in [2.24, 2.45) is 5.14 Å². The summed E-state index contributed by atoms with van der Waals surface area (Å²) in [5.74, 6) is -0.0197.